The summed E-state index contributed by atoms with van der Waals surface area (Å²) in [6.07, 6.45) is 2.23. The van der Waals surface area contributed by atoms with Crippen molar-refractivity contribution < 1.29 is 4.92 Å². The summed E-state index contributed by atoms with van der Waals surface area (Å²) in [5.74, 6) is 0.731. The summed E-state index contributed by atoms with van der Waals surface area (Å²) in [7, 11) is 0. The molecule has 1 N–H and O–H groups in total. The average molecular weight is 234 g/mol. The highest BCUT2D eigenvalue weighted by molar-refractivity contribution is 5.58. The quantitative estimate of drug-likeness (QED) is 0.623. The molecule has 90 valence electrons. The fraction of sp³-hybridized carbons (Fsp3) is 0.455. The maximum atomic E-state index is 10.8. The Bertz CT molecular complexity index is 451. The number of nitriles is 1. The van der Waals surface area contributed by atoms with Gasteiger partial charge >= 0.3 is 5.69 Å². The Balaban J connectivity index is 2.84. The van der Waals surface area contributed by atoms with Crippen molar-refractivity contribution in [3.05, 3.63) is 27.9 Å². The molecule has 0 saturated carbocycles. The minimum Gasteiger partial charge on any atom is -0.364 e. The zero-order valence-corrected chi connectivity index (χ0v) is 9.80. The summed E-state index contributed by atoms with van der Waals surface area (Å²) >= 11 is 0. The Kier molecular flexibility index (Phi) is 4.40. The summed E-state index contributed by atoms with van der Waals surface area (Å²) in [6, 6.07) is 3.06. The number of aromatic nitrogens is 1. The van der Waals surface area contributed by atoms with Crippen LogP contribution >= 0.6 is 0 Å². The zero-order chi connectivity index (χ0) is 12.8. The molecule has 1 rings (SSSR count). The van der Waals surface area contributed by atoms with Gasteiger partial charge in [0, 0.05) is 18.8 Å². The number of hydrogen-bond donors (Lipinski definition) is 1. The third-order valence-corrected chi connectivity index (χ3v) is 2.21. The molecule has 0 aliphatic heterocycles. The predicted octanol–water partition coefficient (Wildman–Crippen LogP) is 2.32. The number of pyridine rings is 1. The Morgan fingerprint density at radius 2 is 2.35 bits per heavy atom. The summed E-state index contributed by atoms with van der Waals surface area (Å²) in [6.45, 7) is 4.77. The second kappa shape index (κ2) is 5.80. The van der Waals surface area contributed by atoms with Gasteiger partial charge in [-0.25, -0.2) is 4.98 Å². The average Bonchev–Trinajstić information content (AvgIpc) is 2.28. The van der Waals surface area contributed by atoms with E-state index in [1.807, 2.05) is 6.07 Å². The third kappa shape index (κ3) is 3.72. The van der Waals surface area contributed by atoms with Crippen molar-refractivity contribution in [2.24, 2.45) is 5.92 Å². The van der Waals surface area contributed by atoms with E-state index in [1.165, 1.54) is 12.3 Å². The lowest BCUT2D eigenvalue weighted by atomic mass is 10.1. The van der Waals surface area contributed by atoms with Gasteiger partial charge in [-0.3, -0.25) is 10.1 Å². The van der Waals surface area contributed by atoms with Crippen LogP contribution in [-0.4, -0.2) is 16.5 Å². The second-order valence-electron chi connectivity index (χ2n) is 4.07. The number of nitro groups is 1. The highest BCUT2D eigenvalue weighted by Gasteiger charge is 2.15. The Labute approximate surface area is 99.4 Å². The standard InChI is InChI=1S/C11H14N4O2/c1-8(2)3-4-13-11-10(15(16)17)5-9(6-12)7-14-11/h5,7-8H,3-4H2,1-2H3,(H,13,14). The van der Waals surface area contributed by atoms with E-state index in [4.69, 9.17) is 5.26 Å². The molecule has 1 aromatic heterocycles. The van der Waals surface area contributed by atoms with E-state index in [2.05, 4.69) is 24.1 Å². The van der Waals surface area contributed by atoms with Gasteiger partial charge in [0.05, 0.1) is 10.5 Å². The number of nitrogens with one attached hydrogen (secondary N) is 1. The normalized spacial score (nSPS) is 10.0. The van der Waals surface area contributed by atoms with Crippen molar-refractivity contribution in [1.82, 2.24) is 4.98 Å². The van der Waals surface area contributed by atoms with Gasteiger partial charge in [-0.15, -0.1) is 0 Å². The smallest absolute Gasteiger partial charge is 0.312 e. The van der Waals surface area contributed by atoms with Crippen LogP contribution in [0.2, 0.25) is 0 Å². The van der Waals surface area contributed by atoms with E-state index >= 15 is 0 Å². The maximum absolute atomic E-state index is 10.8. The summed E-state index contributed by atoms with van der Waals surface area (Å²) < 4.78 is 0. The van der Waals surface area contributed by atoms with E-state index in [1.54, 1.807) is 0 Å². The largest absolute Gasteiger partial charge is 0.364 e. The minimum atomic E-state index is -0.536. The second-order valence-corrected chi connectivity index (χ2v) is 4.07. The number of nitrogens with zero attached hydrogens (tertiary/aromatic N) is 3. The molecular formula is C11H14N4O2. The van der Waals surface area contributed by atoms with Crippen LogP contribution in [0, 0.1) is 27.4 Å². The summed E-state index contributed by atoms with van der Waals surface area (Å²) in [5, 5.41) is 22.4. The molecular weight excluding hydrogens is 220 g/mol. The lowest BCUT2D eigenvalue weighted by Gasteiger charge is -2.07. The zero-order valence-electron chi connectivity index (χ0n) is 9.80. The van der Waals surface area contributed by atoms with Crippen LogP contribution in [0.1, 0.15) is 25.8 Å². The van der Waals surface area contributed by atoms with Gasteiger partial charge in [-0.2, -0.15) is 5.26 Å². The highest BCUT2D eigenvalue weighted by Crippen LogP contribution is 2.22. The van der Waals surface area contributed by atoms with E-state index in [9.17, 15) is 10.1 Å². The van der Waals surface area contributed by atoms with E-state index < -0.39 is 4.92 Å². The van der Waals surface area contributed by atoms with Crippen LogP contribution in [0.15, 0.2) is 12.3 Å². The minimum absolute atomic E-state index is 0.159. The number of hydrogen-bond acceptors (Lipinski definition) is 5. The highest BCUT2D eigenvalue weighted by atomic mass is 16.6. The first-order valence-electron chi connectivity index (χ1n) is 5.33. The lowest BCUT2D eigenvalue weighted by molar-refractivity contribution is -0.384. The molecule has 17 heavy (non-hydrogen) atoms. The molecule has 1 aromatic rings. The SMILES string of the molecule is CC(C)CCNc1ncc(C#N)cc1[N+](=O)[O-]. The molecule has 0 atom stereocenters. The molecule has 0 radical (unpaired) electrons. The van der Waals surface area contributed by atoms with Crippen LogP contribution in [0.3, 0.4) is 0 Å². The van der Waals surface area contributed by atoms with Crippen LogP contribution in [0.25, 0.3) is 0 Å². The van der Waals surface area contributed by atoms with Gasteiger partial charge in [-0.1, -0.05) is 13.8 Å². The molecule has 0 fully saturated rings. The maximum Gasteiger partial charge on any atom is 0.312 e. The van der Waals surface area contributed by atoms with Crippen molar-refractivity contribution in [1.29, 1.82) is 5.26 Å². The third-order valence-electron chi connectivity index (χ3n) is 2.21. The van der Waals surface area contributed by atoms with Gasteiger partial charge < -0.3 is 5.32 Å². The fourth-order valence-corrected chi connectivity index (χ4v) is 1.27. The van der Waals surface area contributed by atoms with Crippen molar-refractivity contribution >= 4 is 11.5 Å². The van der Waals surface area contributed by atoms with Crippen molar-refractivity contribution in [3.63, 3.8) is 0 Å². The first kappa shape index (κ1) is 12.9. The first-order valence-corrected chi connectivity index (χ1v) is 5.33. The Hall–Kier alpha value is -2.16. The van der Waals surface area contributed by atoms with Crippen LogP contribution < -0.4 is 5.32 Å². The molecule has 0 aromatic carbocycles. The van der Waals surface area contributed by atoms with Crippen LogP contribution in [0.4, 0.5) is 11.5 Å². The Morgan fingerprint density at radius 1 is 1.65 bits per heavy atom. The van der Waals surface area contributed by atoms with Crippen molar-refractivity contribution in [3.8, 4) is 6.07 Å². The molecule has 6 heteroatoms. The van der Waals surface area contributed by atoms with Gasteiger partial charge in [0.15, 0.2) is 0 Å². The molecule has 0 unspecified atom stereocenters. The molecule has 0 bridgehead atoms. The summed E-state index contributed by atoms with van der Waals surface area (Å²) in [4.78, 5) is 14.2. The number of anilines is 1. The monoisotopic (exact) mass is 234 g/mol. The molecule has 0 amide bonds. The molecule has 0 aliphatic rings. The number of rotatable bonds is 5. The first-order chi connectivity index (χ1) is 8.04. The van der Waals surface area contributed by atoms with E-state index in [0.717, 1.165) is 6.42 Å². The van der Waals surface area contributed by atoms with E-state index in [0.29, 0.717) is 12.5 Å². The van der Waals surface area contributed by atoms with Crippen molar-refractivity contribution in [2.45, 2.75) is 20.3 Å². The lowest BCUT2D eigenvalue weighted by Crippen LogP contribution is -2.08. The predicted molar refractivity (Wildman–Crippen MR) is 63.6 cm³/mol. The van der Waals surface area contributed by atoms with Crippen LogP contribution in [0.5, 0.6) is 0 Å². The molecule has 0 saturated heterocycles. The molecule has 0 aliphatic carbocycles. The van der Waals surface area contributed by atoms with E-state index in [-0.39, 0.29) is 17.1 Å². The van der Waals surface area contributed by atoms with Gasteiger partial charge in [0.2, 0.25) is 5.82 Å². The van der Waals surface area contributed by atoms with Gasteiger partial charge in [0.1, 0.15) is 6.07 Å². The van der Waals surface area contributed by atoms with Gasteiger partial charge in [-0.05, 0) is 12.3 Å². The molecule has 6 nitrogen and oxygen atoms in total. The molecule has 1 heterocycles. The Morgan fingerprint density at radius 3 is 2.88 bits per heavy atom. The molecule has 0 spiro atoms. The summed E-state index contributed by atoms with van der Waals surface area (Å²) in [5.41, 5.74) is 0.0268. The topological polar surface area (TPSA) is 91.8 Å². The fourth-order valence-electron chi connectivity index (χ4n) is 1.27. The van der Waals surface area contributed by atoms with Crippen molar-refractivity contribution in [2.75, 3.05) is 11.9 Å². The van der Waals surface area contributed by atoms with Gasteiger partial charge in [0.25, 0.3) is 0 Å². The van der Waals surface area contributed by atoms with Crippen LogP contribution in [-0.2, 0) is 0 Å².